The minimum atomic E-state index is -0.563. The quantitative estimate of drug-likeness (QED) is 0.672. The van der Waals surface area contributed by atoms with Gasteiger partial charge in [-0.2, -0.15) is 0 Å². The Hall–Kier alpha value is -1.49. The Labute approximate surface area is 112 Å². The third kappa shape index (κ3) is 3.29. The Balaban J connectivity index is 2.01. The Morgan fingerprint density at radius 3 is 2.68 bits per heavy atom. The summed E-state index contributed by atoms with van der Waals surface area (Å²) in [5, 5.41) is 14.1. The molecule has 4 nitrogen and oxygen atoms in total. The summed E-state index contributed by atoms with van der Waals surface area (Å²) in [6.07, 6.45) is 2.31. The molecule has 0 spiro atoms. The normalized spacial score (nSPS) is 26.6. The minimum absolute atomic E-state index is 0.190. The molecule has 0 radical (unpaired) electrons. The van der Waals surface area contributed by atoms with E-state index in [1.807, 2.05) is 0 Å². The van der Waals surface area contributed by atoms with E-state index in [0.717, 1.165) is 12.5 Å². The average molecular weight is 266 g/mol. The molecule has 0 heterocycles. The third-order valence-corrected chi connectivity index (χ3v) is 4.19. The van der Waals surface area contributed by atoms with Gasteiger partial charge in [-0.15, -0.1) is 0 Å². The number of rotatable bonds is 4. The van der Waals surface area contributed by atoms with Crippen molar-refractivity contribution < 1.29 is 9.31 Å². The molecule has 1 aliphatic rings. The zero-order valence-corrected chi connectivity index (χ0v) is 11.2. The molecule has 0 amide bonds. The predicted octanol–water partition coefficient (Wildman–Crippen LogP) is 3.26. The van der Waals surface area contributed by atoms with Gasteiger partial charge in [0.25, 0.3) is 5.69 Å². The fourth-order valence-electron chi connectivity index (χ4n) is 2.74. The highest BCUT2D eigenvalue weighted by Crippen LogP contribution is 2.31. The maximum atomic E-state index is 13.3. The largest absolute Gasteiger partial charge is 0.310 e. The lowest BCUT2D eigenvalue weighted by atomic mass is 9.97. The van der Waals surface area contributed by atoms with E-state index in [-0.39, 0.29) is 5.69 Å². The van der Waals surface area contributed by atoms with E-state index in [1.54, 1.807) is 0 Å². The van der Waals surface area contributed by atoms with E-state index in [9.17, 15) is 14.5 Å². The van der Waals surface area contributed by atoms with Gasteiger partial charge in [-0.1, -0.05) is 13.8 Å². The lowest BCUT2D eigenvalue weighted by molar-refractivity contribution is -0.385. The molecule has 1 aromatic rings. The van der Waals surface area contributed by atoms with Gasteiger partial charge in [0.1, 0.15) is 5.82 Å². The van der Waals surface area contributed by atoms with Crippen LogP contribution in [-0.4, -0.2) is 11.0 Å². The summed E-state index contributed by atoms with van der Waals surface area (Å²) in [5.41, 5.74) is 0.433. The van der Waals surface area contributed by atoms with Gasteiger partial charge >= 0.3 is 0 Å². The highest BCUT2D eigenvalue weighted by molar-refractivity contribution is 5.35. The third-order valence-electron chi connectivity index (χ3n) is 4.19. The first kappa shape index (κ1) is 13.9. The molecule has 1 fully saturated rings. The van der Waals surface area contributed by atoms with E-state index in [4.69, 9.17) is 0 Å². The average Bonchev–Trinajstić information content (AvgIpc) is 2.67. The molecule has 0 aliphatic heterocycles. The molecule has 1 saturated carbocycles. The van der Waals surface area contributed by atoms with Crippen LogP contribution in [0.15, 0.2) is 18.2 Å². The van der Waals surface area contributed by atoms with Crippen LogP contribution in [0.4, 0.5) is 10.1 Å². The van der Waals surface area contributed by atoms with Gasteiger partial charge in [0.05, 0.1) is 11.0 Å². The van der Waals surface area contributed by atoms with Gasteiger partial charge in [0.15, 0.2) is 0 Å². The minimum Gasteiger partial charge on any atom is -0.310 e. The molecule has 5 heteroatoms. The number of hydrogen-bond acceptors (Lipinski definition) is 3. The van der Waals surface area contributed by atoms with Crippen LogP contribution in [0.3, 0.4) is 0 Å². The van der Waals surface area contributed by atoms with Crippen molar-refractivity contribution in [2.45, 2.75) is 39.3 Å². The molecule has 1 N–H and O–H groups in total. The predicted molar refractivity (Wildman–Crippen MR) is 71.2 cm³/mol. The van der Waals surface area contributed by atoms with Crippen LogP contribution in [0, 0.1) is 27.8 Å². The van der Waals surface area contributed by atoms with E-state index < -0.39 is 10.7 Å². The molecule has 3 atom stereocenters. The number of benzene rings is 1. The number of hydrogen-bond donors (Lipinski definition) is 1. The molecule has 104 valence electrons. The van der Waals surface area contributed by atoms with Gasteiger partial charge < -0.3 is 5.32 Å². The topological polar surface area (TPSA) is 55.2 Å². The maximum Gasteiger partial charge on any atom is 0.272 e. The SMILES string of the molecule is CC1CCC(NCc2cc(F)cc([N+](=O)[O-])c2)C1C. The van der Waals surface area contributed by atoms with E-state index in [1.165, 1.54) is 18.6 Å². The summed E-state index contributed by atoms with van der Waals surface area (Å²) >= 11 is 0. The smallest absolute Gasteiger partial charge is 0.272 e. The van der Waals surface area contributed by atoms with Crippen LogP contribution in [0.1, 0.15) is 32.3 Å². The van der Waals surface area contributed by atoms with Crippen molar-refractivity contribution in [3.63, 3.8) is 0 Å². The summed E-state index contributed by atoms with van der Waals surface area (Å²) in [6, 6.07) is 4.14. The summed E-state index contributed by atoms with van der Waals surface area (Å²) in [7, 11) is 0. The zero-order valence-electron chi connectivity index (χ0n) is 11.2. The fourth-order valence-corrected chi connectivity index (χ4v) is 2.74. The molecule has 1 aromatic carbocycles. The van der Waals surface area contributed by atoms with Gasteiger partial charge in [0, 0.05) is 18.7 Å². The molecule has 0 aromatic heterocycles. The van der Waals surface area contributed by atoms with Crippen molar-refractivity contribution in [2.24, 2.45) is 11.8 Å². The van der Waals surface area contributed by atoms with Crippen molar-refractivity contribution in [3.05, 3.63) is 39.7 Å². The second-order valence-corrected chi connectivity index (χ2v) is 5.48. The number of nitrogens with zero attached hydrogens (tertiary/aromatic N) is 1. The summed E-state index contributed by atoms with van der Waals surface area (Å²) < 4.78 is 13.3. The first-order valence-corrected chi connectivity index (χ1v) is 6.64. The molecule has 0 saturated heterocycles. The van der Waals surface area contributed by atoms with Crippen LogP contribution in [-0.2, 0) is 6.54 Å². The van der Waals surface area contributed by atoms with Crippen molar-refractivity contribution in [3.8, 4) is 0 Å². The van der Waals surface area contributed by atoms with E-state index >= 15 is 0 Å². The summed E-state index contributed by atoms with van der Waals surface area (Å²) in [6.45, 7) is 4.92. The van der Waals surface area contributed by atoms with Crippen molar-refractivity contribution in [2.75, 3.05) is 0 Å². The first-order chi connectivity index (χ1) is 8.97. The number of halogens is 1. The Bertz CT molecular complexity index is 479. The van der Waals surface area contributed by atoms with E-state index in [2.05, 4.69) is 19.2 Å². The van der Waals surface area contributed by atoms with Crippen LogP contribution in [0.5, 0.6) is 0 Å². The standard InChI is InChI=1S/C14H19FN2O2/c1-9-3-4-14(10(9)2)16-8-11-5-12(15)7-13(6-11)17(18)19/h5-7,9-10,14,16H,3-4,8H2,1-2H3. The Morgan fingerprint density at radius 2 is 2.11 bits per heavy atom. The molecule has 3 unspecified atom stereocenters. The lowest BCUT2D eigenvalue weighted by Crippen LogP contribution is -2.31. The molecular weight excluding hydrogens is 247 g/mol. The maximum absolute atomic E-state index is 13.3. The van der Waals surface area contributed by atoms with Gasteiger partial charge in [-0.3, -0.25) is 10.1 Å². The summed E-state index contributed by atoms with van der Waals surface area (Å²) in [5.74, 6) is 0.724. The lowest BCUT2D eigenvalue weighted by Gasteiger charge is -2.19. The van der Waals surface area contributed by atoms with Crippen molar-refractivity contribution in [1.29, 1.82) is 0 Å². The molecular formula is C14H19FN2O2. The van der Waals surface area contributed by atoms with Crippen molar-refractivity contribution >= 4 is 5.69 Å². The number of non-ortho nitro benzene ring substituents is 1. The molecule has 0 bridgehead atoms. The second kappa shape index (κ2) is 5.65. The number of nitro groups is 1. The van der Waals surface area contributed by atoms with Crippen molar-refractivity contribution in [1.82, 2.24) is 5.32 Å². The summed E-state index contributed by atoms with van der Waals surface area (Å²) in [4.78, 5) is 10.1. The van der Waals surface area contributed by atoms with E-state index in [0.29, 0.717) is 30.0 Å². The highest BCUT2D eigenvalue weighted by Gasteiger charge is 2.29. The second-order valence-electron chi connectivity index (χ2n) is 5.48. The monoisotopic (exact) mass is 266 g/mol. The Kier molecular flexibility index (Phi) is 4.14. The Morgan fingerprint density at radius 1 is 1.37 bits per heavy atom. The van der Waals surface area contributed by atoms with Gasteiger partial charge in [-0.05, 0) is 36.3 Å². The van der Waals surface area contributed by atoms with Gasteiger partial charge in [0.2, 0.25) is 0 Å². The van der Waals surface area contributed by atoms with Crippen LogP contribution in [0.2, 0.25) is 0 Å². The molecule has 19 heavy (non-hydrogen) atoms. The first-order valence-electron chi connectivity index (χ1n) is 6.64. The fraction of sp³-hybridized carbons (Fsp3) is 0.571. The molecule has 1 aliphatic carbocycles. The van der Waals surface area contributed by atoms with Gasteiger partial charge in [-0.25, -0.2) is 4.39 Å². The number of nitro benzene ring substituents is 1. The number of nitrogens with one attached hydrogen (secondary N) is 1. The zero-order chi connectivity index (χ0) is 14.0. The van der Waals surface area contributed by atoms with Crippen LogP contribution >= 0.6 is 0 Å². The van der Waals surface area contributed by atoms with Crippen LogP contribution < -0.4 is 5.32 Å². The highest BCUT2D eigenvalue weighted by atomic mass is 19.1. The molecule has 2 rings (SSSR count). The van der Waals surface area contributed by atoms with Crippen LogP contribution in [0.25, 0.3) is 0 Å².